The second-order valence-corrected chi connectivity index (χ2v) is 8.30. The van der Waals surface area contributed by atoms with Gasteiger partial charge in [0.1, 0.15) is 0 Å². The van der Waals surface area contributed by atoms with E-state index >= 15 is 0 Å². The lowest BCUT2D eigenvalue weighted by molar-refractivity contribution is -0.129. The lowest BCUT2D eigenvalue weighted by Gasteiger charge is -2.36. The van der Waals surface area contributed by atoms with Gasteiger partial charge in [-0.25, -0.2) is 0 Å². The molecule has 1 amide bonds. The van der Waals surface area contributed by atoms with Crippen molar-refractivity contribution in [1.29, 1.82) is 0 Å². The van der Waals surface area contributed by atoms with E-state index in [0.717, 1.165) is 46.7 Å². The molecule has 0 saturated heterocycles. The van der Waals surface area contributed by atoms with Gasteiger partial charge in [-0.15, -0.1) is 0 Å². The van der Waals surface area contributed by atoms with Crippen LogP contribution in [0.25, 0.3) is 11.1 Å². The number of anilines is 2. The van der Waals surface area contributed by atoms with Crippen molar-refractivity contribution < 1.29 is 9.90 Å². The zero-order valence-electron chi connectivity index (χ0n) is 17.3. The summed E-state index contributed by atoms with van der Waals surface area (Å²) < 4.78 is 1.80. The van der Waals surface area contributed by atoms with Crippen LogP contribution >= 0.6 is 0 Å². The predicted molar refractivity (Wildman–Crippen MR) is 113 cm³/mol. The Kier molecular flexibility index (Phi) is 4.58. The SMILES string of the molecule is CC(=O)N1CCc2[nH]nc(N3C[C@@H](CO)Cc4cc(-c5cnn(C)c5)ccc43)c2C1. The molecule has 156 valence electrons. The number of hydrogen-bond donors (Lipinski definition) is 2. The number of amides is 1. The first-order valence-electron chi connectivity index (χ1n) is 10.4. The van der Waals surface area contributed by atoms with E-state index in [2.05, 4.69) is 38.4 Å². The fourth-order valence-electron chi connectivity index (χ4n) is 4.59. The van der Waals surface area contributed by atoms with Gasteiger partial charge in [0.2, 0.25) is 5.91 Å². The molecule has 0 aliphatic carbocycles. The average Bonchev–Trinajstić information content (AvgIpc) is 3.38. The smallest absolute Gasteiger partial charge is 0.219 e. The van der Waals surface area contributed by atoms with E-state index in [9.17, 15) is 9.90 Å². The summed E-state index contributed by atoms with van der Waals surface area (Å²) in [4.78, 5) is 16.0. The van der Waals surface area contributed by atoms with Crippen molar-refractivity contribution in [2.24, 2.45) is 13.0 Å². The molecule has 1 atom stereocenters. The first-order chi connectivity index (χ1) is 14.5. The number of aliphatic hydroxyl groups excluding tert-OH is 1. The highest BCUT2D eigenvalue weighted by molar-refractivity contribution is 5.76. The molecule has 2 aromatic heterocycles. The number of aryl methyl sites for hydroxylation is 1. The monoisotopic (exact) mass is 406 g/mol. The van der Waals surface area contributed by atoms with Crippen molar-refractivity contribution >= 4 is 17.4 Å². The van der Waals surface area contributed by atoms with E-state index in [0.29, 0.717) is 19.6 Å². The maximum atomic E-state index is 11.9. The molecule has 0 saturated carbocycles. The molecular weight excluding hydrogens is 380 g/mol. The van der Waals surface area contributed by atoms with Crippen LogP contribution in [0.4, 0.5) is 11.5 Å². The normalized spacial score (nSPS) is 18.3. The number of benzene rings is 1. The van der Waals surface area contributed by atoms with Gasteiger partial charge in [-0.3, -0.25) is 14.6 Å². The number of H-pyrrole nitrogens is 1. The van der Waals surface area contributed by atoms with Crippen LogP contribution in [-0.4, -0.2) is 55.6 Å². The molecule has 30 heavy (non-hydrogen) atoms. The maximum Gasteiger partial charge on any atom is 0.219 e. The van der Waals surface area contributed by atoms with E-state index < -0.39 is 0 Å². The van der Waals surface area contributed by atoms with Crippen molar-refractivity contribution in [3.8, 4) is 11.1 Å². The number of nitrogens with one attached hydrogen (secondary N) is 1. The second-order valence-electron chi connectivity index (χ2n) is 8.30. The molecule has 0 spiro atoms. The van der Waals surface area contributed by atoms with Crippen LogP contribution in [0, 0.1) is 5.92 Å². The van der Waals surface area contributed by atoms with E-state index in [4.69, 9.17) is 0 Å². The van der Waals surface area contributed by atoms with Crippen LogP contribution < -0.4 is 4.90 Å². The van der Waals surface area contributed by atoms with Gasteiger partial charge in [0.05, 0.1) is 12.7 Å². The number of hydrogen-bond acceptors (Lipinski definition) is 5. The molecule has 8 nitrogen and oxygen atoms in total. The zero-order chi connectivity index (χ0) is 20.8. The summed E-state index contributed by atoms with van der Waals surface area (Å²) in [5.74, 6) is 1.08. The molecule has 4 heterocycles. The third kappa shape index (κ3) is 3.17. The van der Waals surface area contributed by atoms with Gasteiger partial charge in [-0.05, 0) is 29.7 Å². The first kappa shape index (κ1) is 18.9. The summed E-state index contributed by atoms with van der Waals surface area (Å²) in [7, 11) is 1.91. The zero-order valence-corrected chi connectivity index (χ0v) is 17.3. The molecule has 5 rings (SSSR count). The van der Waals surface area contributed by atoms with Crippen LogP contribution in [0.2, 0.25) is 0 Å². The maximum absolute atomic E-state index is 11.9. The Morgan fingerprint density at radius 1 is 1.33 bits per heavy atom. The number of rotatable bonds is 3. The molecule has 2 aliphatic rings. The molecule has 0 radical (unpaired) electrons. The van der Waals surface area contributed by atoms with Crippen molar-refractivity contribution in [3.05, 3.63) is 47.4 Å². The van der Waals surface area contributed by atoms with Gasteiger partial charge in [-0.2, -0.15) is 10.2 Å². The van der Waals surface area contributed by atoms with Crippen molar-refractivity contribution in [3.63, 3.8) is 0 Å². The van der Waals surface area contributed by atoms with Gasteiger partial charge in [0, 0.05) is 74.7 Å². The Morgan fingerprint density at radius 2 is 2.20 bits per heavy atom. The minimum Gasteiger partial charge on any atom is -0.396 e. The summed E-state index contributed by atoms with van der Waals surface area (Å²) in [6, 6.07) is 6.45. The summed E-state index contributed by atoms with van der Waals surface area (Å²) in [6.07, 6.45) is 5.48. The minimum atomic E-state index is 0.0844. The van der Waals surface area contributed by atoms with E-state index in [1.54, 1.807) is 11.6 Å². The fourth-order valence-corrected chi connectivity index (χ4v) is 4.59. The topological polar surface area (TPSA) is 90.3 Å². The van der Waals surface area contributed by atoms with Crippen LogP contribution in [0.15, 0.2) is 30.6 Å². The van der Waals surface area contributed by atoms with Gasteiger partial charge in [0.15, 0.2) is 5.82 Å². The number of nitrogens with zero attached hydrogens (tertiary/aromatic N) is 5. The number of aromatic nitrogens is 4. The Labute approximate surface area is 175 Å². The van der Waals surface area contributed by atoms with Crippen molar-refractivity contribution in [2.75, 3.05) is 24.6 Å². The standard InChI is InChI=1S/C22H26N6O2/c1-14(30)27-6-5-20-19(12-27)22(25-24-20)28-10-15(13-29)7-17-8-16(3-4-21(17)28)18-9-23-26(2)11-18/h3-4,8-9,11,15,29H,5-7,10,12-13H2,1-2H3,(H,24,25)/t15-/m0/s1. The lowest BCUT2D eigenvalue weighted by Crippen LogP contribution is -2.37. The molecule has 0 unspecified atom stereocenters. The number of aliphatic hydroxyl groups is 1. The fraction of sp³-hybridized carbons (Fsp3) is 0.409. The lowest BCUT2D eigenvalue weighted by atomic mass is 9.90. The Morgan fingerprint density at radius 3 is 2.93 bits per heavy atom. The number of fused-ring (bicyclic) bond motifs is 2. The highest BCUT2D eigenvalue weighted by Crippen LogP contribution is 2.39. The number of carbonyl (C=O) groups is 1. The van der Waals surface area contributed by atoms with Crippen molar-refractivity contribution in [2.45, 2.75) is 26.3 Å². The molecule has 3 aromatic rings. The largest absolute Gasteiger partial charge is 0.396 e. The summed E-state index contributed by atoms with van der Waals surface area (Å²) in [6.45, 7) is 3.73. The van der Waals surface area contributed by atoms with Crippen LogP contribution in [0.1, 0.15) is 23.7 Å². The Bertz CT molecular complexity index is 1100. The van der Waals surface area contributed by atoms with Crippen LogP contribution in [0.5, 0.6) is 0 Å². The van der Waals surface area contributed by atoms with Gasteiger partial charge in [0.25, 0.3) is 0 Å². The molecule has 2 N–H and O–H groups in total. The molecule has 1 aromatic carbocycles. The van der Waals surface area contributed by atoms with Gasteiger partial charge < -0.3 is 14.9 Å². The van der Waals surface area contributed by atoms with E-state index in [1.807, 2.05) is 24.3 Å². The average molecular weight is 406 g/mol. The Hall–Kier alpha value is -3.13. The van der Waals surface area contributed by atoms with Crippen LogP contribution in [0.3, 0.4) is 0 Å². The number of aromatic amines is 1. The molecule has 0 fully saturated rings. The van der Waals surface area contributed by atoms with Crippen molar-refractivity contribution in [1.82, 2.24) is 24.9 Å². The highest BCUT2D eigenvalue weighted by atomic mass is 16.3. The van der Waals surface area contributed by atoms with Gasteiger partial charge >= 0.3 is 0 Å². The third-order valence-corrected chi connectivity index (χ3v) is 6.23. The van der Waals surface area contributed by atoms with Gasteiger partial charge in [-0.1, -0.05) is 6.07 Å². The van der Waals surface area contributed by atoms with E-state index in [-0.39, 0.29) is 18.4 Å². The molecular formula is C22H26N6O2. The highest BCUT2D eigenvalue weighted by Gasteiger charge is 2.31. The minimum absolute atomic E-state index is 0.0844. The predicted octanol–water partition coefficient (Wildman–Crippen LogP) is 2.02. The van der Waals surface area contributed by atoms with E-state index in [1.165, 1.54) is 5.56 Å². The first-order valence-corrected chi connectivity index (χ1v) is 10.4. The third-order valence-electron chi connectivity index (χ3n) is 6.23. The number of carbonyl (C=O) groups excluding carboxylic acids is 1. The molecule has 0 bridgehead atoms. The summed E-state index contributed by atoms with van der Waals surface area (Å²) in [5, 5.41) is 22.1. The summed E-state index contributed by atoms with van der Waals surface area (Å²) >= 11 is 0. The van der Waals surface area contributed by atoms with Crippen LogP contribution in [-0.2, 0) is 31.2 Å². The Balaban J connectivity index is 1.55. The second kappa shape index (κ2) is 7.28. The molecule has 2 aliphatic heterocycles. The quantitative estimate of drug-likeness (QED) is 0.695. The summed E-state index contributed by atoms with van der Waals surface area (Å²) in [5.41, 5.74) is 6.68. The molecule has 8 heteroatoms.